The van der Waals surface area contributed by atoms with Gasteiger partial charge in [-0.25, -0.2) is 0 Å². The molecule has 2 rings (SSSR count). The summed E-state index contributed by atoms with van der Waals surface area (Å²) in [6, 6.07) is 10.3. The maximum absolute atomic E-state index is 12.2. The van der Waals surface area contributed by atoms with Gasteiger partial charge in [0.2, 0.25) is 5.91 Å². The second-order valence-corrected chi connectivity index (χ2v) is 6.09. The largest absolute Gasteiger partial charge is 0.368 e. The fourth-order valence-electron chi connectivity index (χ4n) is 2.00. The third-order valence-electron chi connectivity index (χ3n) is 3.23. The summed E-state index contributed by atoms with van der Waals surface area (Å²) < 4.78 is 0. The summed E-state index contributed by atoms with van der Waals surface area (Å²) in [7, 11) is 0. The van der Waals surface area contributed by atoms with Crippen molar-refractivity contribution in [2.75, 3.05) is 0 Å². The molecule has 4 nitrogen and oxygen atoms in total. The molecule has 0 aliphatic heterocycles. The highest BCUT2D eigenvalue weighted by atomic mass is 35.5. The maximum Gasteiger partial charge on any atom is 0.251 e. The Bertz CT molecular complexity index is 712. The topological polar surface area (TPSA) is 72.2 Å². The van der Waals surface area contributed by atoms with Crippen molar-refractivity contribution >= 4 is 46.6 Å². The van der Waals surface area contributed by atoms with Crippen molar-refractivity contribution in [2.45, 2.75) is 12.5 Å². The van der Waals surface area contributed by atoms with Crippen LogP contribution in [0.2, 0.25) is 15.1 Å². The van der Waals surface area contributed by atoms with Crippen LogP contribution in [0.15, 0.2) is 42.5 Å². The molecular weight excluding hydrogens is 359 g/mol. The third-order valence-corrected chi connectivity index (χ3v) is 4.19. The number of hydrogen-bond acceptors (Lipinski definition) is 2. The molecule has 120 valence electrons. The molecule has 0 aliphatic carbocycles. The molecule has 0 fully saturated rings. The van der Waals surface area contributed by atoms with Crippen LogP contribution in [0.5, 0.6) is 0 Å². The van der Waals surface area contributed by atoms with Crippen LogP contribution in [-0.2, 0) is 11.2 Å². The molecule has 2 aromatic carbocycles. The summed E-state index contributed by atoms with van der Waals surface area (Å²) in [4.78, 5) is 23.9. The monoisotopic (exact) mass is 370 g/mol. The number of hydrogen-bond donors (Lipinski definition) is 2. The normalized spacial score (nSPS) is 11.8. The number of rotatable bonds is 5. The first-order valence-corrected chi connectivity index (χ1v) is 7.80. The minimum Gasteiger partial charge on any atom is -0.368 e. The lowest BCUT2D eigenvalue weighted by Crippen LogP contribution is -2.45. The van der Waals surface area contributed by atoms with E-state index in [9.17, 15) is 9.59 Å². The fraction of sp³-hybridized carbons (Fsp3) is 0.125. The predicted molar refractivity (Wildman–Crippen MR) is 92.1 cm³/mol. The van der Waals surface area contributed by atoms with E-state index >= 15 is 0 Å². The second kappa shape index (κ2) is 7.68. The van der Waals surface area contributed by atoms with Gasteiger partial charge in [-0.2, -0.15) is 0 Å². The Kier molecular flexibility index (Phi) is 5.88. The highest BCUT2D eigenvalue weighted by Gasteiger charge is 2.21. The number of carbonyl (C=O) groups excluding carboxylic acids is 2. The van der Waals surface area contributed by atoms with Crippen LogP contribution < -0.4 is 11.1 Å². The van der Waals surface area contributed by atoms with Crippen molar-refractivity contribution < 1.29 is 9.59 Å². The summed E-state index contributed by atoms with van der Waals surface area (Å²) in [5.74, 6) is -1.11. The number of nitrogens with two attached hydrogens (primary N) is 1. The van der Waals surface area contributed by atoms with E-state index in [1.807, 2.05) is 0 Å². The summed E-state index contributed by atoms with van der Waals surface area (Å²) in [5.41, 5.74) is 6.29. The van der Waals surface area contributed by atoms with Crippen LogP contribution in [0.4, 0.5) is 0 Å². The van der Waals surface area contributed by atoms with Gasteiger partial charge >= 0.3 is 0 Å². The lowest BCUT2D eigenvalue weighted by molar-refractivity contribution is -0.119. The first-order valence-electron chi connectivity index (χ1n) is 6.67. The Labute approximate surface area is 148 Å². The van der Waals surface area contributed by atoms with E-state index in [1.165, 1.54) is 0 Å². The van der Waals surface area contributed by atoms with Crippen molar-refractivity contribution in [3.05, 3.63) is 68.7 Å². The third kappa shape index (κ3) is 4.61. The fourth-order valence-corrected chi connectivity index (χ4v) is 2.67. The molecular formula is C16H13Cl3N2O2. The highest BCUT2D eigenvalue weighted by Crippen LogP contribution is 2.25. The van der Waals surface area contributed by atoms with Gasteiger partial charge in [0.25, 0.3) is 5.91 Å². The Morgan fingerprint density at radius 3 is 2.09 bits per heavy atom. The summed E-state index contributed by atoms with van der Waals surface area (Å²) in [6.45, 7) is 0. The first kappa shape index (κ1) is 17.6. The van der Waals surface area contributed by atoms with Crippen LogP contribution in [0.1, 0.15) is 15.9 Å². The minimum absolute atomic E-state index is 0.104. The van der Waals surface area contributed by atoms with Gasteiger partial charge in [0.05, 0.1) is 0 Å². The van der Waals surface area contributed by atoms with E-state index in [-0.39, 0.29) is 6.42 Å². The number of nitrogens with one attached hydrogen (secondary N) is 1. The molecule has 3 N–H and O–H groups in total. The van der Waals surface area contributed by atoms with Gasteiger partial charge in [-0.05, 0) is 42.0 Å². The molecule has 0 unspecified atom stereocenters. The van der Waals surface area contributed by atoms with Crippen LogP contribution >= 0.6 is 34.8 Å². The number of carbonyl (C=O) groups is 2. The van der Waals surface area contributed by atoms with E-state index in [4.69, 9.17) is 40.5 Å². The molecule has 2 aromatic rings. The standard InChI is InChI=1S/C16H13Cl3N2O2/c17-10-6-4-9(5-7-10)16(23)21-14(15(20)22)8-11-12(18)2-1-3-13(11)19/h1-7,14H,8H2,(H2,20,22)(H,21,23)/t14-/m1/s1. The van der Waals surface area contributed by atoms with Crippen molar-refractivity contribution in [2.24, 2.45) is 5.73 Å². The quantitative estimate of drug-likeness (QED) is 0.844. The molecule has 7 heteroatoms. The van der Waals surface area contributed by atoms with Crippen LogP contribution in [0.25, 0.3) is 0 Å². The van der Waals surface area contributed by atoms with E-state index < -0.39 is 17.9 Å². The number of benzene rings is 2. The van der Waals surface area contributed by atoms with Crippen LogP contribution in [-0.4, -0.2) is 17.9 Å². The Morgan fingerprint density at radius 2 is 1.57 bits per heavy atom. The molecule has 0 saturated heterocycles. The maximum atomic E-state index is 12.2. The van der Waals surface area contributed by atoms with Crippen molar-refractivity contribution in [1.29, 1.82) is 0 Å². The lowest BCUT2D eigenvalue weighted by Gasteiger charge is -2.17. The second-order valence-electron chi connectivity index (χ2n) is 4.84. The van der Waals surface area contributed by atoms with Gasteiger partial charge in [-0.15, -0.1) is 0 Å². The lowest BCUT2D eigenvalue weighted by atomic mass is 10.0. The average molecular weight is 372 g/mol. The Morgan fingerprint density at radius 1 is 1.00 bits per heavy atom. The Balaban J connectivity index is 2.17. The molecule has 0 bridgehead atoms. The zero-order valence-corrected chi connectivity index (χ0v) is 14.1. The summed E-state index contributed by atoms with van der Waals surface area (Å²) in [6.07, 6.45) is 0.104. The molecule has 0 saturated carbocycles. The first-order chi connectivity index (χ1) is 10.9. The number of halogens is 3. The molecule has 0 spiro atoms. The zero-order valence-electron chi connectivity index (χ0n) is 11.9. The molecule has 1 atom stereocenters. The van der Waals surface area contributed by atoms with E-state index in [2.05, 4.69) is 5.32 Å². The Hall–Kier alpha value is -1.75. The SMILES string of the molecule is NC(=O)[C@@H](Cc1c(Cl)cccc1Cl)NC(=O)c1ccc(Cl)cc1. The van der Waals surface area contributed by atoms with Crippen LogP contribution in [0.3, 0.4) is 0 Å². The smallest absolute Gasteiger partial charge is 0.251 e. The van der Waals surface area contributed by atoms with Gasteiger partial charge < -0.3 is 11.1 Å². The van der Waals surface area contributed by atoms with Gasteiger partial charge in [0.15, 0.2) is 0 Å². The van der Waals surface area contributed by atoms with Gasteiger partial charge in [-0.3, -0.25) is 9.59 Å². The van der Waals surface area contributed by atoms with E-state index in [1.54, 1.807) is 42.5 Å². The van der Waals surface area contributed by atoms with Gasteiger partial charge in [0.1, 0.15) is 6.04 Å². The average Bonchev–Trinajstić information content (AvgIpc) is 2.50. The van der Waals surface area contributed by atoms with Crippen molar-refractivity contribution in [1.82, 2.24) is 5.32 Å². The molecule has 23 heavy (non-hydrogen) atoms. The molecule has 2 amide bonds. The zero-order chi connectivity index (χ0) is 17.0. The summed E-state index contributed by atoms with van der Waals surface area (Å²) >= 11 is 18.0. The molecule has 0 aliphatic rings. The minimum atomic E-state index is -0.935. The van der Waals surface area contributed by atoms with E-state index in [0.717, 1.165) is 0 Å². The van der Waals surface area contributed by atoms with Crippen molar-refractivity contribution in [3.8, 4) is 0 Å². The highest BCUT2D eigenvalue weighted by molar-refractivity contribution is 6.36. The van der Waals surface area contributed by atoms with Crippen LogP contribution in [0, 0.1) is 0 Å². The number of primary amides is 1. The van der Waals surface area contributed by atoms with Gasteiger partial charge in [0, 0.05) is 27.1 Å². The number of amides is 2. The molecule has 0 heterocycles. The van der Waals surface area contributed by atoms with Gasteiger partial charge in [-0.1, -0.05) is 40.9 Å². The molecule has 0 radical (unpaired) electrons. The molecule has 0 aromatic heterocycles. The van der Waals surface area contributed by atoms with Crippen molar-refractivity contribution in [3.63, 3.8) is 0 Å². The summed E-state index contributed by atoms with van der Waals surface area (Å²) in [5, 5.41) is 3.91. The van der Waals surface area contributed by atoms with E-state index in [0.29, 0.717) is 26.2 Å². The predicted octanol–water partition coefficient (Wildman–Crippen LogP) is 3.47.